The van der Waals surface area contributed by atoms with Crippen LogP contribution in [0.25, 0.3) is 0 Å². The van der Waals surface area contributed by atoms with E-state index in [4.69, 9.17) is 4.74 Å². The third-order valence-corrected chi connectivity index (χ3v) is 9.85. The SMILES string of the molecule is C=CCN(C(=O)C1N(CCCO)C(=O)[C@@H]2[C@@H](C(=O)N(CC=C)c3ccccc3)[C@@]3(C)CCC12O3)c1ccc(N(CC)CC)cc1. The molecule has 1 N–H and O–H groups in total. The molecule has 9 nitrogen and oxygen atoms in total. The maximum atomic E-state index is 14.8. The zero-order chi connectivity index (χ0) is 32.4. The number of ether oxygens (including phenoxy) is 1. The quantitative estimate of drug-likeness (QED) is 0.317. The van der Waals surface area contributed by atoms with Gasteiger partial charge in [-0.15, -0.1) is 13.2 Å². The summed E-state index contributed by atoms with van der Waals surface area (Å²) in [4.78, 5) is 50.8. The minimum Gasteiger partial charge on any atom is -0.396 e. The second-order valence-corrected chi connectivity index (χ2v) is 12.3. The molecule has 3 aliphatic heterocycles. The van der Waals surface area contributed by atoms with Gasteiger partial charge in [-0.2, -0.15) is 0 Å². The Balaban J connectivity index is 1.55. The number of hydrogen-bond donors (Lipinski definition) is 1. The van der Waals surface area contributed by atoms with Gasteiger partial charge in [0.2, 0.25) is 11.8 Å². The van der Waals surface area contributed by atoms with E-state index in [2.05, 4.69) is 31.9 Å². The van der Waals surface area contributed by atoms with Crippen LogP contribution >= 0.6 is 0 Å². The number of nitrogens with zero attached hydrogens (tertiary/aromatic N) is 4. The van der Waals surface area contributed by atoms with Gasteiger partial charge < -0.3 is 29.4 Å². The molecule has 0 saturated carbocycles. The van der Waals surface area contributed by atoms with Crippen molar-refractivity contribution in [2.75, 3.05) is 54.0 Å². The number of benzene rings is 2. The lowest BCUT2D eigenvalue weighted by Crippen LogP contribution is -2.56. The zero-order valence-corrected chi connectivity index (χ0v) is 26.7. The minimum atomic E-state index is -1.17. The van der Waals surface area contributed by atoms with Crippen LogP contribution in [0.5, 0.6) is 0 Å². The number of aliphatic hydroxyl groups is 1. The molecule has 3 amide bonds. The molecule has 2 aromatic rings. The summed E-state index contributed by atoms with van der Waals surface area (Å²) in [5, 5.41) is 9.74. The van der Waals surface area contributed by atoms with Gasteiger partial charge in [-0.05, 0) is 76.4 Å². The molecule has 0 radical (unpaired) electrons. The first-order valence-corrected chi connectivity index (χ1v) is 16.1. The highest BCUT2D eigenvalue weighted by molar-refractivity contribution is 6.06. The molecule has 3 fully saturated rings. The molecule has 3 heterocycles. The van der Waals surface area contributed by atoms with E-state index >= 15 is 0 Å². The average Bonchev–Trinajstić information content (AvgIpc) is 3.62. The molecular formula is C36H46N4O5. The smallest absolute Gasteiger partial charge is 0.253 e. The lowest BCUT2D eigenvalue weighted by atomic mass is 9.66. The zero-order valence-electron chi connectivity index (χ0n) is 26.7. The van der Waals surface area contributed by atoms with Gasteiger partial charge in [0.1, 0.15) is 11.6 Å². The number of aliphatic hydroxyl groups excluding tert-OH is 1. The number of amides is 3. The molecule has 0 aliphatic carbocycles. The molecule has 2 unspecified atom stereocenters. The van der Waals surface area contributed by atoms with Crippen molar-refractivity contribution in [2.24, 2.45) is 11.8 Å². The highest BCUT2D eigenvalue weighted by Crippen LogP contribution is 2.63. The van der Waals surface area contributed by atoms with Gasteiger partial charge in [0, 0.05) is 56.4 Å². The Bertz CT molecular complexity index is 1410. The fourth-order valence-electron chi connectivity index (χ4n) is 7.82. The Kier molecular flexibility index (Phi) is 9.51. The predicted octanol–water partition coefficient (Wildman–Crippen LogP) is 4.42. The van der Waals surface area contributed by atoms with Crippen LogP contribution in [-0.4, -0.2) is 84.3 Å². The first-order chi connectivity index (χ1) is 21.7. The monoisotopic (exact) mass is 614 g/mol. The van der Waals surface area contributed by atoms with Gasteiger partial charge in [0.15, 0.2) is 0 Å². The van der Waals surface area contributed by atoms with E-state index in [1.54, 1.807) is 26.9 Å². The van der Waals surface area contributed by atoms with Crippen molar-refractivity contribution in [3.8, 4) is 0 Å². The van der Waals surface area contributed by atoms with E-state index in [9.17, 15) is 19.5 Å². The fourth-order valence-corrected chi connectivity index (χ4v) is 7.82. The minimum absolute atomic E-state index is 0.131. The summed E-state index contributed by atoms with van der Waals surface area (Å²) < 4.78 is 6.85. The summed E-state index contributed by atoms with van der Waals surface area (Å²) in [6, 6.07) is 16.3. The van der Waals surface area contributed by atoms with Crippen molar-refractivity contribution in [3.05, 3.63) is 79.9 Å². The Morgan fingerprint density at radius 1 is 0.933 bits per heavy atom. The van der Waals surface area contributed by atoms with Crippen LogP contribution in [0.15, 0.2) is 79.9 Å². The maximum Gasteiger partial charge on any atom is 0.253 e. The molecule has 45 heavy (non-hydrogen) atoms. The molecule has 9 heteroatoms. The van der Waals surface area contributed by atoms with Crippen molar-refractivity contribution in [1.82, 2.24) is 4.90 Å². The van der Waals surface area contributed by atoms with E-state index < -0.39 is 29.1 Å². The number of likely N-dealkylation sites (tertiary alicyclic amines) is 1. The third-order valence-electron chi connectivity index (χ3n) is 9.85. The lowest BCUT2D eigenvalue weighted by Gasteiger charge is -2.37. The van der Waals surface area contributed by atoms with Crippen molar-refractivity contribution in [2.45, 2.75) is 57.3 Å². The van der Waals surface area contributed by atoms with E-state index in [1.165, 1.54) is 0 Å². The summed E-state index contributed by atoms with van der Waals surface area (Å²) >= 11 is 0. The number of hydrogen-bond acceptors (Lipinski definition) is 6. The van der Waals surface area contributed by atoms with Crippen LogP contribution in [0.1, 0.15) is 40.0 Å². The van der Waals surface area contributed by atoms with Crippen LogP contribution in [-0.2, 0) is 19.1 Å². The molecule has 3 aliphatic rings. The number of para-hydroxylation sites is 1. The average molecular weight is 615 g/mol. The van der Waals surface area contributed by atoms with Crippen LogP contribution in [0.4, 0.5) is 17.1 Å². The van der Waals surface area contributed by atoms with E-state index in [1.807, 2.05) is 61.5 Å². The Labute approximate surface area is 266 Å². The number of fused-ring (bicyclic) bond motifs is 1. The molecule has 1 spiro atoms. The van der Waals surface area contributed by atoms with Crippen molar-refractivity contribution >= 4 is 34.8 Å². The van der Waals surface area contributed by atoms with Gasteiger partial charge >= 0.3 is 0 Å². The summed E-state index contributed by atoms with van der Waals surface area (Å²) in [6.45, 7) is 16.2. The molecule has 3 saturated heterocycles. The topological polar surface area (TPSA) is 93.6 Å². The summed E-state index contributed by atoms with van der Waals surface area (Å²) in [7, 11) is 0. The van der Waals surface area contributed by atoms with Crippen LogP contribution < -0.4 is 14.7 Å². The maximum absolute atomic E-state index is 14.8. The van der Waals surface area contributed by atoms with Gasteiger partial charge in [0.25, 0.3) is 5.91 Å². The second kappa shape index (κ2) is 13.2. The van der Waals surface area contributed by atoms with Gasteiger partial charge in [-0.3, -0.25) is 14.4 Å². The molecule has 5 atom stereocenters. The molecule has 5 rings (SSSR count). The van der Waals surface area contributed by atoms with Crippen LogP contribution in [0.2, 0.25) is 0 Å². The largest absolute Gasteiger partial charge is 0.396 e. The van der Waals surface area contributed by atoms with Gasteiger partial charge in [-0.25, -0.2) is 0 Å². The number of anilines is 3. The Morgan fingerprint density at radius 2 is 1.51 bits per heavy atom. The number of rotatable bonds is 14. The third kappa shape index (κ3) is 5.46. The Hall–Kier alpha value is -3.95. The van der Waals surface area contributed by atoms with Crippen molar-refractivity contribution in [3.63, 3.8) is 0 Å². The molecule has 2 aromatic carbocycles. The first-order valence-electron chi connectivity index (χ1n) is 16.1. The highest BCUT2D eigenvalue weighted by atomic mass is 16.5. The normalized spacial score (nSPS) is 26.4. The van der Waals surface area contributed by atoms with Crippen LogP contribution in [0, 0.1) is 11.8 Å². The summed E-state index contributed by atoms with van der Waals surface area (Å²) in [6.07, 6.45) is 4.67. The number of carbonyl (C=O) groups excluding carboxylic acids is 3. The van der Waals surface area contributed by atoms with E-state index in [0.717, 1.165) is 18.8 Å². The Morgan fingerprint density at radius 3 is 2.09 bits per heavy atom. The lowest BCUT2D eigenvalue weighted by molar-refractivity contribution is -0.144. The summed E-state index contributed by atoms with van der Waals surface area (Å²) in [5.41, 5.74) is 0.377. The fraction of sp³-hybridized carbons (Fsp3) is 0.472. The first kappa shape index (κ1) is 32.4. The highest BCUT2D eigenvalue weighted by Gasteiger charge is 2.78. The molecular weight excluding hydrogens is 568 g/mol. The van der Waals surface area contributed by atoms with Gasteiger partial charge in [0.05, 0.1) is 17.4 Å². The second-order valence-electron chi connectivity index (χ2n) is 12.3. The molecule has 2 bridgehead atoms. The van der Waals surface area contributed by atoms with Gasteiger partial charge in [-0.1, -0.05) is 30.4 Å². The van der Waals surface area contributed by atoms with Crippen LogP contribution in [0.3, 0.4) is 0 Å². The summed E-state index contributed by atoms with van der Waals surface area (Å²) in [5.74, 6) is -2.38. The number of carbonyl (C=O) groups is 3. The van der Waals surface area contributed by atoms with Crippen molar-refractivity contribution in [1.29, 1.82) is 0 Å². The van der Waals surface area contributed by atoms with Crippen molar-refractivity contribution < 1.29 is 24.2 Å². The molecule has 240 valence electrons. The van der Waals surface area contributed by atoms with E-state index in [-0.39, 0.29) is 44.0 Å². The standard InChI is InChI=1S/C36H46N4O5/c1-6-22-38(27-14-11-10-12-15-27)32(42)29-30-33(43)40(24-13-25-41)31(36(30)21-20-35(29,5)45-36)34(44)39(23-7-2)28-18-16-26(17-19-28)37(8-3)9-4/h6-7,10-12,14-19,29-31,41H,1-2,8-9,13,20-25H2,3-5H3/t29-,30-,31?,35+,36?/m0/s1. The predicted molar refractivity (Wildman–Crippen MR) is 177 cm³/mol. The van der Waals surface area contributed by atoms with E-state index in [0.29, 0.717) is 30.6 Å². The molecule has 0 aromatic heterocycles.